The highest BCUT2D eigenvalue weighted by atomic mass is 35.5. The minimum atomic E-state index is -0.562. The number of methoxy groups -OCH3 is 1. The number of fused-ring (bicyclic) bond motifs is 1. The molecule has 0 spiro atoms. The first-order valence-electron chi connectivity index (χ1n) is 10.8. The van der Waals surface area contributed by atoms with Gasteiger partial charge in [0.05, 0.1) is 30.2 Å². The lowest BCUT2D eigenvalue weighted by Crippen LogP contribution is -2.27. The van der Waals surface area contributed by atoms with Crippen LogP contribution in [-0.4, -0.2) is 42.3 Å². The number of amides is 2. The molecular formula is C26H22ClNO6S. The highest BCUT2D eigenvalue weighted by Gasteiger charge is 2.35. The topological polar surface area (TPSA) is 82.1 Å². The van der Waals surface area contributed by atoms with Crippen LogP contribution in [0.4, 0.5) is 4.79 Å². The van der Waals surface area contributed by atoms with Gasteiger partial charge < -0.3 is 14.2 Å². The Labute approximate surface area is 211 Å². The van der Waals surface area contributed by atoms with E-state index >= 15 is 0 Å². The number of hydrogen-bond acceptors (Lipinski definition) is 7. The Balaban J connectivity index is 1.56. The fourth-order valence-corrected chi connectivity index (χ4v) is 4.68. The molecule has 7 nitrogen and oxygen atoms in total. The van der Waals surface area contributed by atoms with Crippen molar-refractivity contribution in [3.63, 3.8) is 0 Å². The molecule has 1 saturated heterocycles. The number of carbonyl (C=O) groups is 3. The normalized spacial score (nSPS) is 14.6. The predicted octanol–water partition coefficient (Wildman–Crippen LogP) is 5.68. The van der Waals surface area contributed by atoms with Crippen molar-refractivity contribution in [1.82, 2.24) is 4.90 Å². The van der Waals surface area contributed by atoms with E-state index < -0.39 is 5.97 Å². The van der Waals surface area contributed by atoms with Gasteiger partial charge in [0, 0.05) is 0 Å². The summed E-state index contributed by atoms with van der Waals surface area (Å²) in [6, 6.07) is 17.0. The van der Waals surface area contributed by atoms with Crippen molar-refractivity contribution in [2.24, 2.45) is 0 Å². The standard InChI is InChI=1S/C26H22ClNO6S/c1-3-33-21-12-17(11-20(27)24(21)34-15-23(29)32-2)13-22-25(30)28(26(31)35-22)14-16-8-9-18-6-4-5-7-19(18)10-16/h4-13H,3,14-15H2,1-2H3/b22-13-. The van der Waals surface area contributed by atoms with Gasteiger partial charge in [0.25, 0.3) is 11.1 Å². The molecule has 1 aliphatic heterocycles. The van der Waals surface area contributed by atoms with Crippen LogP contribution in [0.3, 0.4) is 0 Å². The molecule has 0 unspecified atom stereocenters. The molecule has 3 aromatic rings. The Morgan fingerprint density at radius 1 is 1.06 bits per heavy atom. The van der Waals surface area contributed by atoms with Crippen molar-refractivity contribution in [3.05, 3.63) is 75.7 Å². The zero-order valence-electron chi connectivity index (χ0n) is 19.1. The van der Waals surface area contributed by atoms with E-state index in [2.05, 4.69) is 4.74 Å². The van der Waals surface area contributed by atoms with Crippen LogP contribution in [0.15, 0.2) is 59.5 Å². The van der Waals surface area contributed by atoms with E-state index in [1.165, 1.54) is 12.0 Å². The molecule has 1 aliphatic rings. The Hall–Kier alpha value is -3.49. The van der Waals surface area contributed by atoms with Crippen LogP contribution in [0.2, 0.25) is 5.02 Å². The lowest BCUT2D eigenvalue weighted by Gasteiger charge is -2.14. The van der Waals surface area contributed by atoms with Gasteiger partial charge in [-0.25, -0.2) is 4.79 Å². The average Bonchev–Trinajstić information content (AvgIpc) is 3.10. The lowest BCUT2D eigenvalue weighted by atomic mass is 10.1. The molecule has 0 N–H and O–H groups in total. The monoisotopic (exact) mass is 511 g/mol. The fourth-order valence-electron chi connectivity index (χ4n) is 3.57. The summed E-state index contributed by atoms with van der Waals surface area (Å²) in [6.45, 7) is 1.97. The third-order valence-corrected chi connectivity index (χ3v) is 6.41. The summed E-state index contributed by atoms with van der Waals surface area (Å²) in [4.78, 5) is 38.6. The molecule has 9 heteroatoms. The Morgan fingerprint density at radius 2 is 1.83 bits per heavy atom. The summed E-state index contributed by atoms with van der Waals surface area (Å²) >= 11 is 7.24. The van der Waals surface area contributed by atoms with Gasteiger partial charge in [-0.3, -0.25) is 14.5 Å². The third kappa shape index (κ3) is 5.61. The van der Waals surface area contributed by atoms with Crippen LogP contribution in [0.25, 0.3) is 16.8 Å². The van der Waals surface area contributed by atoms with Crippen LogP contribution >= 0.6 is 23.4 Å². The first-order valence-corrected chi connectivity index (χ1v) is 12.0. The zero-order valence-corrected chi connectivity index (χ0v) is 20.7. The molecule has 180 valence electrons. The molecule has 3 aromatic carbocycles. The number of carbonyl (C=O) groups excluding carboxylic acids is 3. The van der Waals surface area contributed by atoms with Crippen LogP contribution < -0.4 is 9.47 Å². The zero-order chi connectivity index (χ0) is 24.9. The molecule has 1 fully saturated rings. The number of nitrogens with zero attached hydrogens (tertiary/aromatic N) is 1. The minimum absolute atomic E-state index is 0.179. The van der Waals surface area contributed by atoms with Gasteiger partial charge in [0.1, 0.15) is 0 Å². The summed E-state index contributed by atoms with van der Waals surface area (Å²) in [7, 11) is 1.26. The molecule has 0 atom stereocenters. The summed E-state index contributed by atoms with van der Waals surface area (Å²) in [5, 5.41) is 1.98. The number of rotatable bonds is 8. The van der Waals surface area contributed by atoms with Crippen LogP contribution in [-0.2, 0) is 20.9 Å². The van der Waals surface area contributed by atoms with Crippen LogP contribution in [0.1, 0.15) is 18.1 Å². The van der Waals surface area contributed by atoms with Gasteiger partial charge in [-0.1, -0.05) is 48.0 Å². The van der Waals surface area contributed by atoms with E-state index in [1.807, 2.05) is 42.5 Å². The van der Waals surface area contributed by atoms with E-state index in [9.17, 15) is 14.4 Å². The number of halogens is 1. The van der Waals surface area contributed by atoms with Gasteiger partial charge in [-0.2, -0.15) is 0 Å². The van der Waals surface area contributed by atoms with Gasteiger partial charge >= 0.3 is 5.97 Å². The van der Waals surface area contributed by atoms with Crippen LogP contribution in [0.5, 0.6) is 11.5 Å². The van der Waals surface area contributed by atoms with Crippen molar-refractivity contribution in [2.45, 2.75) is 13.5 Å². The number of esters is 1. The maximum Gasteiger partial charge on any atom is 0.343 e. The molecule has 0 saturated carbocycles. The first kappa shape index (κ1) is 24.6. The molecular weight excluding hydrogens is 490 g/mol. The third-order valence-electron chi connectivity index (χ3n) is 5.22. The fraction of sp³-hybridized carbons (Fsp3) is 0.192. The van der Waals surface area contributed by atoms with Gasteiger partial charge in [-0.05, 0) is 64.9 Å². The summed E-state index contributed by atoms with van der Waals surface area (Å²) < 4.78 is 15.7. The Bertz CT molecular complexity index is 1340. The number of hydrogen-bond donors (Lipinski definition) is 0. The quantitative estimate of drug-likeness (QED) is 0.284. The SMILES string of the molecule is CCOc1cc(/C=C2\SC(=O)N(Cc3ccc4ccccc4c3)C2=O)cc(Cl)c1OCC(=O)OC. The highest BCUT2D eigenvalue weighted by Crippen LogP contribution is 2.39. The second-order valence-electron chi connectivity index (χ2n) is 7.58. The minimum Gasteiger partial charge on any atom is -0.490 e. The molecule has 2 amide bonds. The molecule has 0 radical (unpaired) electrons. The molecule has 0 aromatic heterocycles. The predicted molar refractivity (Wildman–Crippen MR) is 136 cm³/mol. The highest BCUT2D eigenvalue weighted by molar-refractivity contribution is 8.18. The van der Waals surface area contributed by atoms with Crippen molar-refractivity contribution in [2.75, 3.05) is 20.3 Å². The maximum atomic E-state index is 13.0. The lowest BCUT2D eigenvalue weighted by molar-refractivity contribution is -0.142. The van der Waals surface area contributed by atoms with Crippen molar-refractivity contribution in [1.29, 1.82) is 0 Å². The van der Waals surface area contributed by atoms with E-state index in [0.29, 0.717) is 17.9 Å². The second-order valence-corrected chi connectivity index (χ2v) is 8.98. The van der Waals surface area contributed by atoms with Crippen LogP contribution in [0, 0.1) is 0 Å². The van der Waals surface area contributed by atoms with E-state index in [4.69, 9.17) is 21.1 Å². The largest absolute Gasteiger partial charge is 0.490 e. The van der Waals surface area contributed by atoms with E-state index in [1.54, 1.807) is 25.1 Å². The number of ether oxygens (including phenoxy) is 3. The average molecular weight is 512 g/mol. The van der Waals surface area contributed by atoms with E-state index in [-0.39, 0.29) is 40.0 Å². The van der Waals surface area contributed by atoms with Crippen molar-refractivity contribution < 1.29 is 28.6 Å². The van der Waals surface area contributed by atoms with Crippen molar-refractivity contribution >= 4 is 57.3 Å². The molecule has 0 bridgehead atoms. The molecule has 0 aliphatic carbocycles. The number of benzene rings is 3. The summed E-state index contributed by atoms with van der Waals surface area (Å²) in [5.74, 6) is -0.438. The second kappa shape index (κ2) is 10.8. The summed E-state index contributed by atoms with van der Waals surface area (Å²) in [5.41, 5.74) is 1.42. The Morgan fingerprint density at radius 3 is 2.57 bits per heavy atom. The Kier molecular flexibility index (Phi) is 7.63. The number of thioether (sulfide) groups is 1. The molecule has 1 heterocycles. The maximum absolute atomic E-state index is 13.0. The summed E-state index contributed by atoms with van der Waals surface area (Å²) in [6.07, 6.45) is 1.59. The van der Waals surface area contributed by atoms with Gasteiger partial charge in [0.15, 0.2) is 18.1 Å². The van der Waals surface area contributed by atoms with Gasteiger partial charge in [-0.15, -0.1) is 0 Å². The van der Waals surface area contributed by atoms with E-state index in [0.717, 1.165) is 28.1 Å². The molecule has 4 rings (SSSR count). The van der Waals surface area contributed by atoms with Gasteiger partial charge in [0.2, 0.25) is 0 Å². The molecule has 35 heavy (non-hydrogen) atoms. The van der Waals surface area contributed by atoms with Crippen molar-refractivity contribution in [3.8, 4) is 11.5 Å². The smallest absolute Gasteiger partial charge is 0.343 e. The first-order chi connectivity index (χ1) is 16.9. The number of imide groups is 1.